The van der Waals surface area contributed by atoms with Gasteiger partial charge in [0.05, 0.1) is 5.69 Å². The van der Waals surface area contributed by atoms with Gasteiger partial charge in [-0.15, -0.1) is 0 Å². The highest BCUT2D eigenvalue weighted by Gasteiger charge is 1.99. The molecule has 58 valence electrons. The third-order valence-corrected chi connectivity index (χ3v) is 1.19. The van der Waals surface area contributed by atoms with Crippen LogP contribution in [0.1, 0.15) is 0 Å². The van der Waals surface area contributed by atoms with Crippen molar-refractivity contribution in [3.63, 3.8) is 0 Å². The first kappa shape index (κ1) is 7.56. The van der Waals surface area contributed by atoms with E-state index in [0.29, 0.717) is 5.06 Å². The van der Waals surface area contributed by atoms with E-state index in [4.69, 9.17) is 10.3 Å². The predicted molar refractivity (Wildman–Crippen MR) is 38.4 cm³/mol. The minimum Gasteiger partial charge on any atom is -0.508 e. The average molecular weight is 153 g/mol. The molecule has 4 nitrogen and oxygen atoms in total. The summed E-state index contributed by atoms with van der Waals surface area (Å²) < 4.78 is 0. The zero-order valence-corrected chi connectivity index (χ0v) is 5.64. The van der Waals surface area contributed by atoms with Crippen LogP contribution in [0.3, 0.4) is 0 Å². The number of hydroxylamine groups is 1. The van der Waals surface area contributed by atoms with Crippen LogP contribution in [0.4, 0.5) is 5.69 Å². The lowest BCUT2D eigenvalue weighted by Gasteiger charge is -2.07. The van der Waals surface area contributed by atoms with Gasteiger partial charge in [-0.1, -0.05) is 6.07 Å². The third-order valence-electron chi connectivity index (χ3n) is 1.19. The maximum absolute atomic E-state index is 10.0. The molecular formula is C7H7NO3. The zero-order valence-electron chi connectivity index (χ0n) is 5.64. The number of benzene rings is 1. The molecule has 1 amide bonds. The van der Waals surface area contributed by atoms with E-state index in [9.17, 15) is 4.79 Å². The summed E-state index contributed by atoms with van der Waals surface area (Å²) >= 11 is 0. The monoisotopic (exact) mass is 153 g/mol. The van der Waals surface area contributed by atoms with Crippen LogP contribution in [0.2, 0.25) is 0 Å². The van der Waals surface area contributed by atoms with Gasteiger partial charge in [-0.25, -0.2) is 0 Å². The van der Waals surface area contributed by atoms with Gasteiger partial charge in [0, 0.05) is 6.07 Å². The van der Waals surface area contributed by atoms with Crippen LogP contribution >= 0.6 is 0 Å². The van der Waals surface area contributed by atoms with Crippen molar-refractivity contribution in [2.24, 2.45) is 0 Å². The fraction of sp³-hybridized carbons (Fsp3) is 0. The van der Waals surface area contributed by atoms with Crippen LogP contribution in [0.15, 0.2) is 24.3 Å². The number of nitrogens with zero attached hydrogens (tertiary/aromatic N) is 1. The highest BCUT2D eigenvalue weighted by Crippen LogP contribution is 2.17. The second-order valence-electron chi connectivity index (χ2n) is 1.97. The van der Waals surface area contributed by atoms with E-state index in [0.717, 1.165) is 0 Å². The largest absolute Gasteiger partial charge is 0.508 e. The Balaban J connectivity index is 2.95. The van der Waals surface area contributed by atoms with E-state index in [1.54, 1.807) is 0 Å². The molecule has 0 saturated heterocycles. The summed E-state index contributed by atoms with van der Waals surface area (Å²) in [6, 6.07) is 5.74. The Bertz CT molecular complexity index is 262. The molecule has 0 aliphatic carbocycles. The van der Waals surface area contributed by atoms with E-state index in [1.165, 1.54) is 24.3 Å². The van der Waals surface area contributed by atoms with Crippen molar-refractivity contribution in [3.05, 3.63) is 24.3 Å². The van der Waals surface area contributed by atoms with Crippen molar-refractivity contribution in [2.75, 3.05) is 5.06 Å². The lowest BCUT2D eigenvalue weighted by molar-refractivity contribution is -0.111. The number of carbonyl (C=O) groups is 1. The summed E-state index contributed by atoms with van der Waals surface area (Å²) in [5, 5.41) is 18.1. The molecule has 0 radical (unpaired) electrons. The Morgan fingerprint density at radius 3 is 2.73 bits per heavy atom. The van der Waals surface area contributed by atoms with Gasteiger partial charge < -0.3 is 5.11 Å². The second kappa shape index (κ2) is 3.03. The third kappa shape index (κ3) is 1.68. The summed E-state index contributed by atoms with van der Waals surface area (Å²) in [6.07, 6.45) is 0.245. The highest BCUT2D eigenvalue weighted by molar-refractivity contribution is 5.72. The molecule has 0 aliphatic heterocycles. The van der Waals surface area contributed by atoms with Crippen molar-refractivity contribution in [1.82, 2.24) is 0 Å². The van der Waals surface area contributed by atoms with Gasteiger partial charge in [-0.3, -0.25) is 10.0 Å². The molecule has 0 bridgehead atoms. The number of hydrogen-bond donors (Lipinski definition) is 2. The SMILES string of the molecule is O=CN(O)c1cccc(O)c1. The molecule has 1 aromatic rings. The summed E-state index contributed by atoms with van der Waals surface area (Å²) in [4.78, 5) is 10.0. The van der Waals surface area contributed by atoms with Gasteiger partial charge >= 0.3 is 0 Å². The van der Waals surface area contributed by atoms with Crippen LogP contribution in [0, 0.1) is 0 Å². The van der Waals surface area contributed by atoms with Gasteiger partial charge in [0.25, 0.3) is 0 Å². The maximum Gasteiger partial charge on any atom is 0.237 e. The van der Waals surface area contributed by atoms with Gasteiger partial charge in [-0.2, -0.15) is 5.06 Å². The van der Waals surface area contributed by atoms with Gasteiger partial charge in [0.1, 0.15) is 5.75 Å². The molecule has 2 N–H and O–H groups in total. The maximum atomic E-state index is 10.0. The van der Waals surface area contributed by atoms with Crippen molar-refractivity contribution < 1.29 is 15.1 Å². The lowest BCUT2D eigenvalue weighted by atomic mass is 10.3. The Morgan fingerprint density at radius 1 is 1.45 bits per heavy atom. The summed E-state index contributed by atoms with van der Waals surface area (Å²) in [6.45, 7) is 0. The fourth-order valence-electron chi connectivity index (χ4n) is 0.696. The number of hydrogen-bond acceptors (Lipinski definition) is 3. The number of phenolic OH excluding ortho intramolecular Hbond substituents is 1. The van der Waals surface area contributed by atoms with E-state index < -0.39 is 0 Å². The van der Waals surface area contributed by atoms with Gasteiger partial charge in [0.15, 0.2) is 0 Å². The first-order chi connectivity index (χ1) is 5.24. The number of aromatic hydroxyl groups is 1. The number of rotatable bonds is 2. The molecule has 0 spiro atoms. The molecule has 0 heterocycles. The smallest absolute Gasteiger partial charge is 0.237 e. The quantitative estimate of drug-likeness (QED) is 0.374. The van der Waals surface area contributed by atoms with Gasteiger partial charge in [-0.05, 0) is 12.1 Å². The molecule has 11 heavy (non-hydrogen) atoms. The second-order valence-corrected chi connectivity index (χ2v) is 1.97. The highest BCUT2D eigenvalue weighted by atomic mass is 16.5. The summed E-state index contributed by atoms with van der Waals surface area (Å²) in [7, 11) is 0. The summed E-state index contributed by atoms with van der Waals surface area (Å²) in [5.74, 6) is 0.00315. The zero-order chi connectivity index (χ0) is 8.27. The molecule has 1 aromatic carbocycles. The van der Waals surface area contributed by atoms with Crippen LogP contribution in [-0.4, -0.2) is 16.7 Å². The van der Waals surface area contributed by atoms with Crippen molar-refractivity contribution >= 4 is 12.1 Å². The standard InChI is InChI=1S/C7H7NO3/c9-5-8(11)6-2-1-3-7(10)4-6/h1-5,10-11H. The van der Waals surface area contributed by atoms with Crippen molar-refractivity contribution in [1.29, 1.82) is 0 Å². The normalized spacial score (nSPS) is 9.18. The Hall–Kier alpha value is -1.55. The number of phenols is 1. The van der Waals surface area contributed by atoms with Crippen LogP contribution in [-0.2, 0) is 4.79 Å². The first-order valence-corrected chi connectivity index (χ1v) is 2.96. The molecule has 4 heteroatoms. The lowest BCUT2D eigenvalue weighted by Crippen LogP contribution is -2.14. The van der Waals surface area contributed by atoms with E-state index in [-0.39, 0.29) is 17.8 Å². The Morgan fingerprint density at radius 2 is 2.18 bits per heavy atom. The van der Waals surface area contributed by atoms with Crippen molar-refractivity contribution in [2.45, 2.75) is 0 Å². The van der Waals surface area contributed by atoms with E-state index in [1.807, 2.05) is 0 Å². The number of anilines is 1. The first-order valence-electron chi connectivity index (χ1n) is 2.96. The van der Waals surface area contributed by atoms with Crippen molar-refractivity contribution in [3.8, 4) is 5.75 Å². The number of carbonyl (C=O) groups excluding carboxylic acids is 1. The fourth-order valence-corrected chi connectivity index (χ4v) is 0.696. The van der Waals surface area contributed by atoms with Crippen LogP contribution < -0.4 is 5.06 Å². The molecule has 0 aliphatic rings. The number of amides is 1. The minimum atomic E-state index is 0.00315. The summed E-state index contributed by atoms with van der Waals surface area (Å²) in [5.41, 5.74) is 0.236. The van der Waals surface area contributed by atoms with Crippen LogP contribution in [0.5, 0.6) is 5.75 Å². The van der Waals surface area contributed by atoms with E-state index in [2.05, 4.69) is 0 Å². The molecule has 0 saturated carbocycles. The van der Waals surface area contributed by atoms with Crippen LogP contribution in [0.25, 0.3) is 0 Å². The molecule has 0 unspecified atom stereocenters. The molecular weight excluding hydrogens is 146 g/mol. The average Bonchev–Trinajstić information content (AvgIpc) is 2.03. The molecule has 0 aromatic heterocycles. The Kier molecular flexibility index (Phi) is 2.08. The Labute approximate surface area is 63.3 Å². The molecule has 0 fully saturated rings. The van der Waals surface area contributed by atoms with Gasteiger partial charge in [0.2, 0.25) is 6.41 Å². The topological polar surface area (TPSA) is 60.8 Å². The molecule has 0 atom stereocenters. The molecule has 1 rings (SSSR count). The minimum absolute atomic E-state index is 0.00315. The van der Waals surface area contributed by atoms with E-state index >= 15 is 0 Å². The predicted octanol–water partition coefficient (Wildman–Crippen LogP) is 0.744.